The zero-order valence-electron chi connectivity index (χ0n) is 12.2. The molecule has 0 bridgehead atoms. The fraction of sp³-hybridized carbons (Fsp3) is 0.389. The van der Waals surface area contributed by atoms with Gasteiger partial charge in [0.1, 0.15) is 0 Å². The van der Waals surface area contributed by atoms with E-state index in [0.29, 0.717) is 6.04 Å². The van der Waals surface area contributed by atoms with Crippen molar-refractivity contribution >= 4 is 5.91 Å². The second-order valence-electron chi connectivity index (χ2n) is 5.86. The molecule has 3 nitrogen and oxygen atoms in total. The lowest BCUT2D eigenvalue weighted by atomic mass is 10.1. The first-order valence-electron chi connectivity index (χ1n) is 7.73. The van der Waals surface area contributed by atoms with Gasteiger partial charge < -0.3 is 10.6 Å². The third-order valence-corrected chi connectivity index (χ3v) is 4.20. The zero-order valence-corrected chi connectivity index (χ0v) is 12.2. The first kappa shape index (κ1) is 14.1. The minimum Gasteiger partial charge on any atom is -0.349 e. The molecule has 1 atom stereocenters. The molecule has 21 heavy (non-hydrogen) atoms. The Kier molecular flexibility index (Phi) is 4.51. The van der Waals surface area contributed by atoms with Gasteiger partial charge in [0.15, 0.2) is 0 Å². The number of benzene rings is 1. The highest BCUT2D eigenvalue weighted by Crippen LogP contribution is 2.19. The van der Waals surface area contributed by atoms with E-state index in [2.05, 4.69) is 28.9 Å². The van der Waals surface area contributed by atoms with Crippen LogP contribution < -0.4 is 10.6 Å². The summed E-state index contributed by atoms with van der Waals surface area (Å²) in [6.07, 6.45) is 10.9. The summed E-state index contributed by atoms with van der Waals surface area (Å²) in [6.45, 7) is 0.948. The minimum absolute atomic E-state index is 0.0307. The molecule has 0 saturated heterocycles. The molecule has 0 fully saturated rings. The minimum atomic E-state index is 0.0307. The quantitative estimate of drug-likeness (QED) is 0.815. The Bertz CT molecular complexity index is 540. The van der Waals surface area contributed by atoms with Crippen LogP contribution in [0.5, 0.6) is 0 Å². The van der Waals surface area contributed by atoms with E-state index < -0.39 is 0 Å². The topological polar surface area (TPSA) is 41.1 Å². The molecule has 1 unspecified atom stereocenters. The lowest BCUT2D eigenvalue weighted by Crippen LogP contribution is -2.34. The van der Waals surface area contributed by atoms with Crippen LogP contribution in [0.2, 0.25) is 0 Å². The predicted octanol–water partition coefficient (Wildman–Crippen LogP) is 2.81. The second kappa shape index (κ2) is 6.72. The van der Waals surface area contributed by atoms with Gasteiger partial charge in [-0.15, -0.1) is 0 Å². The molecule has 0 heterocycles. The van der Waals surface area contributed by atoms with Gasteiger partial charge in [0.2, 0.25) is 0 Å². The van der Waals surface area contributed by atoms with Crippen molar-refractivity contribution in [1.82, 2.24) is 10.6 Å². The molecule has 3 heteroatoms. The first-order chi connectivity index (χ1) is 10.3. The standard InChI is InChI=1S/C18H22N2O/c21-18(15-6-2-1-3-7-15)20-17-11-10-14(12-17)13-19-16-8-4-5-9-16/h1-7,10,16-17,19H,8-9,11-13H2,(H,20,21). The van der Waals surface area contributed by atoms with E-state index in [-0.39, 0.29) is 11.9 Å². The maximum atomic E-state index is 12.1. The number of nitrogens with one attached hydrogen (secondary N) is 2. The second-order valence-corrected chi connectivity index (χ2v) is 5.86. The molecule has 0 radical (unpaired) electrons. The van der Waals surface area contributed by atoms with Crippen LogP contribution in [-0.4, -0.2) is 24.5 Å². The lowest BCUT2D eigenvalue weighted by Gasteiger charge is -2.15. The SMILES string of the molecule is O=C(NC1CC=C(CNC2CC=CC2)C1)c1ccccc1. The van der Waals surface area contributed by atoms with Crippen molar-refractivity contribution in [2.24, 2.45) is 0 Å². The molecule has 1 aromatic rings. The van der Waals surface area contributed by atoms with E-state index in [1.807, 2.05) is 30.3 Å². The molecule has 2 N–H and O–H groups in total. The van der Waals surface area contributed by atoms with Gasteiger partial charge in [-0.25, -0.2) is 0 Å². The molecule has 110 valence electrons. The first-order valence-corrected chi connectivity index (χ1v) is 7.73. The van der Waals surface area contributed by atoms with Crippen LogP contribution >= 0.6 is 0 Å². The maximum Gasteiger partial charge on any atom is 0.251 e. The fourth-order valence-electron chi connectivity index (χ4n) is 2.96. The number of rotatable bonds is 5. The summed E-state index contributed by atoms with van der Waals surface area (Å²) in [5, 5.41) is 6.71. The van der Waals surface area contributed by atoms with Crippen molar-refractivity contribution in [3.05, 3.63) is 59.7 Å². The molecule has 0 aromatic heterocycles. The lowest BCUT2D eigenvalue weighted by molar-refractivity contribution is 0.0938. The van der Waals surface area contributed by atoms with E-state index in [1.165, 1.54) is 5.57 Å². The van der Waals surface area contributed by atoms with Crippen LogP contribution in [0.1, 0.15) is 36.0 Å². The van der Waals surface area contributed by atoms with Gasteiger partial charge in [-0.2, -0.15) is 0 Å². The van der Waals surface area contributed by atoms with Crippen molar-refractivity contribution < 1.29 is 4.79 Å². The largest absolute Gasteiger partial charge is 0.349 e. The van der Waals surface area contributed by atoms with Crippen molar-refractivity contribution in [3.63, 3.8) is 0 Å². The van der Waals surface area contributed by atoms with E-state index >= 15 is 0 Å². The van der Waals surface area contributed by atoms with Gasteiger partial charge in [-0.3, -0.25) is 4.79 Å². The summed E-state index contributed by atoms with van der Waals surface area (Å²) in [7, 11) is 0. The van der Waals surface area contributed by atoms with Gasteiger partial charge in [-0.05, 0) is 37.8 Å². The zero-order chi connectivity index (χ0) is 14.5. The van der Waals surface area contributed by atoms with Crippen molar-refractivity contribution in [3.8, 4) is 0 Å². The Morgan fingerprint density at radius 1 is 1.05 bits per heavy atom. The van der Waals surface area contributed by atoms with Crippen molar-refractivity contribution in [1.29, 1.82) is 0 Å². The van der Waals surface area contributed by atoms with Crippen LogP contribution in [0.3, 0.4) is 0 Å². The normalized spacial score (nSPS) is 21.5. The molecule has 1 amide bonds. The van der Waals surface area contributed by atoms with Gasteiger partial charge in [-0.1, -0.05) is 42.0 Å². The summed E-state index contributed by atoms with van der Waals surface area (Å²) in [4.78, 5) is 12.1. The summed E-state index contributed by atoms with van der Waals surface area (Å²) < 4.78 is 0. The van der Waals surface area contributed by atoms with Crippen molar-refractivity contribution in [2.45, 2.75) is 37.8 Å². The highest BCUT2D eigenvalue weighted by molar-refractivity contribution is 5.94. The van der Waals surface area contributed by atoms with E-state index in [1.54, 1.807) is 0 Å². The molecule has 2 aliphatic rings. The Morgan fingerprint density at radius 3 is 2.57 bits per heavy atom. The van der Waals surface area contributed by atoms with Crippen LogP contribution in [-0.2, 0) is 0 Å². The van der Waals surface area contributed by atoms with Crippen LogP contribution in [0, 0.1) is 0 Å². The average Bonchev–Trinajstić information content (AvgIpc) is 3.17. The molecule has 1 aromatic carbocycles. The van der Waals surface area contributed by atoms with Gasteiger partial charge in [0.25, 0.3) is 5.91 Å². The molecule has 3 rings (SSSR count). The van der Waals surface area contributed by atoms with Crippen molar-refractivity contribution in [2.75, 3.05) is 6.54 Å². The molecule has 0 saturated carbocycles. The third-order valence-electron chi connectivity index (χ3n) is 4.20. The smallest absolute Gasteiger partial charge is 0.251 e. The van der Waals surface area contributed by atoms with Gasteiger partial charge in [0.05, 0.1) is 0 Å². The summed E-state index contributed by atoms with van der Waals surface area (Å²) in [5.74, 6) is 0.0307. The Morgan fingerprint density at radius 2 is 1.81 bits per heavy atom. The van der Waals surface area contributed by atoms with Gasteiger partial charge in [0, 0.05) is 24.2 Å². The number of carbonyl (C=O) groups is 1. The van der Waals surface area contributed by atoms with Crippen LogP contribution in [0.4, 0.5) is 0 Å². The molecular weight excluding hydrogens is 260 g/mol. The number of carbonyl (C=O) groups excluding carboxylic acids is 1. The molecule has 2 aliphatic carbocycles. The Balaban J connectivity index is 1.42. The monoisotopic (exact) mass is 282 g/mol. The summed E-state index contributed by atoms with van der Waals surface area (Å²) in [5.41, 5.74) is 2.15. The number of amides is 1. The third kappa shape index (κ3) is 3.82. The molecule has 0 aliphatic heterocycles. The number of hydrogen-bond acceptors (Lipinski definition) is 2. The van der Waals surface area contributed by atoms with E-state index in [9.17, 15) is 4.79 Å². The number of hydrogen-bond donors (Lipinski definition) is 2. The maximum absolute atomic E-state index is 12.1. The molecular formula is C18H22N2O. The van der Waals surface area contributed by atoms with Gasteiger partial charge >= 0.3 is 0 Å². The predicted molar refractivity (Wildman–Crippen MR) is 85.2 cm³/mol. The van der Waals surface area contributed by atoms with E-state index in [4.69, 9.17) is 0 Å². The Labute approximate surface area is 126 Å². The summed E-state index contributed by atoms with van der Waals surface area (Å²) >= 11 is 0. The summed E-state index contributed by atoms with van der Waals surface area (Å²) in [6, 6.07) is 10.3. The van der Waals surface area contributed by atoms with E-state index in [0.717, 1.165) is 37.8 Å². The highest BCUT2D eigenvalue weighted by atomic mass is 16.1. The molecule has 0 spiro atoms. The highest BCUT2D eigenvalue weighted by Gasteiger charge is 2.20. The average molecular weight is 282 g/mol. The fourth-order valence-corrected chi connectivity index (χ4v) is 2.96. The van der Waals surface area contributed by atoms with Crippen LogP contribution in [0.25, 0.3) is 0 Å². The Hall–Kier alpha value is -1.87. The van der Waals surface area contributed by atoms with Crippen LogP contribution in [0.15, 0.2) is 54.1 Å².